The molecule has 1 atom stereocenters. The van der Waals surface area contributed by atoms with Gasteiger partial charge in [0.2, 0.25) is 0 Å². The molecular weight excluding hydrogens is 670 g/mol. The predicted molar refractivity (Wildman–Crippen MR) is 192 cm³/mol. The van der Waals surface area contributed by atoms with Gasteiger partial charge < -0.3 is 29.5 Å². The summed E-state index contributed by atoms with van der Waals surface area (Å²) < 4.78 is 18.1. The van der Waals surface area contributed by atoms with Gasteiger partial charge in [-0.15, -0.1) is 0 Å². The Kier molecular flexibility index (Phi) is 11.5. The molecule has 3 aromatic carbocycles. The van der Waals surface area contributed by atoms with Crippen LogP contribution in [0.15, 0.2) is 67.0 Å². The number of hydrogen-bond donors (Lipinski definition) is 2. The van der Waals surface area contributed by atoms with Crippen LogP contribution in [0.3, 0.4) is 0 Å². The van der Waals surface area contributed by atoms with E-state index in [4.69, 9.17) is 25.8 Å². The Balaban J connectivity index is 1.25. The lowest BCUT2D eigenvalue weighted by Crippen LogP contribution is -2.54. The maximum atomic E-state index is 13.4. The highest BCUT2D eigenvalue weighted by molar-refractivity contribution is 6.32. The van der Waals surface area contributed by atoms with Crippen LogP contribution in [0.1, 0.15) is 43.7 Å². The van der Waals surface area contributed by atoms with Gasteiger partial charge in [-0.3, -0.25) is 19.5 Å². The van der Waals surface area contributed by atoms with Crippen LogP contribution in [0.2, 0.25) is 5.02 Å². The molecule has 264 valence electrons. The van der Waals surface area contributed by atoms with E-state index in [-0.39, 0.29) is 19.1 Å². The van der Waals surface area contributed by atoms with Gasteiger partial charge in [0.15, 0.2) is 0 Å². The lowest BCUT2D eigenvalue weighted by atomic mass is 9.91. The minimum atomic E-state index is -0.904. The largest absolute Gasteiger partial charge is 0.488 e. The number of pyridine rings is 1. The van der Waals surface area contributed by atoms with Crippen LogP contribution >= 0.6 is 11.6 Å². The summed E-state index contributed by atoms with van der Waals surface area (Å²) in [6, 6.07) is 18.5. The summed E-state index contributed by atoms with van der Waals surface area (Å²) in [7, 11) is 0. The number of morpholine rings is 1. The molecule has 0 radical (unpaired) electrons. The summed E-state index contributed by atoms with van der Waals surface area (Å²) in [5, 5.41) is 22.7. The Morgan fingerprint density at radius 1 is 0.980 bits per heavy atom. The van der Waals surface area contributed by atoms with Gasteiger partial charge in [0, 0.05) is 74.4 Å². The molecule has 2 aliphatic heterocycles. The number of rotatable bonds is 11. The molecule has 0 unspecified atom stereocenters. The Hall–Kier alpha value is -4.99. The molecule has 0 saturated carbocycles. The molecule has 1 amide bonds. The zero-order valence-corrected chi connectivity index (χ0v) is 29.4. The van der Waals surface area contributed by atoms with Gasteiger partial charge in [0.1, 0.15) is 36.8 Å². The van der Waals surface area contributed by atoms with E-state index in [1.807, 2.05) is 54.0 Å². The maximum absolute atomic E-state index is 13.4. The summed E-state index contributed by atoms with van der Waals surface area (Å²) >= 11 is 6.82. The highest BCUT2D eigenvalue weighted by Crippen LogP contribution is 2.36. The molecule has 0 bridgehead atoms. The van der Waals surface area contributed by atoms with Gasteiger partial charge in [0.05, 0.1) is 23.8 Å². The van der Waals surface area contributed by atoms with E-state index >= 15 is 0 Å². The summed E-state index contributed by atoms with van der Waals surface area (Å²) in [5.41, 5.74) is 7.40. The number of aromatic nitrogens is 1. The van der Waals surface area contributed by atoms with E-state index in [1.54, 1.807) is 24.4 Å². The standard InChI is InChI=1S/C39H40ClN5O6/c1-25-29(5-3-6-31(25)32-7-4-8-33(26(32)2)38(46)44-11-13-49-14-12-44)24-51-37-17-36(50-23-28-15-27(18-41)19-43-20-28)30(16-34(37)40)22-45-10-9-42-21-35(45)39(47)48/h3-8,15-17,19-20,35,42H,9-14,21-24H2,1-2H3,(H,47,48)/t35-/m0/s1. The van der Waals surface area contributed by atoms with Gasteiger partial charge in [-0.2, -0.15) is 5.26 Å². The Labute approximate surface area is 302 Å². The molecule has 6 rings (SSSR count). The zero-order chi connectivity index (χ0) is 35.9. The second kappa shape index (κ2) is 16.4. The van der Waals surface area contributed by atoms with Crippen molar-refractivity contribution in [1.29, 1.82) is 5.26 Å². The number of hydrogen-bond acceptors (Lipinski definition) is 9. The van der Waals surface area contributed by atoms with Crippen LogP contribution in [-0.4, -0.2) is 83.7 Å². The van der Waals surface area contributed by atoms with Crippen LogP contribution < -0.4 is 14.8 Å². The van der Waals surface area contributed by atoms with Crippen molar-refractivity contribution in [2.75, 3.05) is 45.9 Å². The fourth-order valence-corrected chi connectivity index (χ4v) is 6.75. The van der Waals surface area contributed by atoms with E-state index < -0.39 is 12.0 Å². The smallest absolute Gasteiger partial charge is 0.322 e. The van der Waals surface area contributed by atoms with Gasteiger partial charge in [-0.1, -0.05) is 41.9 Å². The quantitative estimate of drug-likeness (QED) is 0.209. The minimum Gasteiger partial charge on any atom is -0.488 e. The highest BCUT2D eigenvalue weighted by atomic mass is 35.5. The van der Waals surface area contributed by atoms with E-state index in [0.717, 1.165) is 27.8 Å². The average Bonchev–Trinajstić information content (AvgIpc) is 3.15. The van der Waals surface area contributed by atoms with Crippen LogP contribution in [-0.2, 0) is 29.3 Å². The second-order valence-electron chi connectivity index (χ2n) is 12.7. The molecule has 51 heavy (non-hydrogen) atoms. The van der Waals surface area contributed by atoms with Crippen molar-refractivity contribution < 1.29 is 28.9 Å². The number of halogens is 1. The van der Waals surface area contributed by atoms with Gasteiger partial charge in [-0.05, 0) is 59.9 Å². The third kappa shape index (κ3) is 8.32. The molecule has 4 aromatic rings. The van der Waals surface area contributed by atoms with Crippen LogP contribution in [0.5, 0.6) is 11.5 Å². The molecule has 11 nitrogen and oxygen atoms in total. The number of nitrogens with one attached hydrogen (secondary N) is 1. The summed E-state index contributed by atoms with van der Waals surface area (Å²) in [6.45, 7) is 8.46. The van der Waals surface area contributed by atoms with E-state index in [2.05, 4.69) is 22.4 Å². The molecule has 1 aromatic heterocycles. The van der Waals surface area contributed by atoms with Crippen LogP contribution in [0.25, 0.3) is 11.1 Å². The maximum Gasteiger partial charge on any atom is 0.322 e. The van der Waals surface area contributed by atoms with Gasteiger partial charge in [0.25, 0.3) is 5.91 Å². The summed E-state index contributed by atoms with van der Waals surface area (Å²) in [6.07, 6.45) is 3.12. The Morgan fingerprint density at radius 2 is 1.73 bits per heavy atom. The number of carbonyl (C=O) groups excluding carboxylic acids is 1. The van der Waals surface area contributed by atoms with Crippen LogP contribution in [0.4, 0.5) is 0 Å². The number of nitriles is 1. The monoisotopic (exact) mass is 709 g/mol. The number of piperazine rings is 1. The number of nitrogens with zero attached hydrogens (tertiary/aromatic N) is 4. The fraction of sp³-hybridized carbons (Fsp3) is 0.333. The number of ether oxygens (including phenoxy) is 3. The van der Waals surface area contributed by atoms with Crippen molar-refractivity contribution in [3.63, 3.8) is 0 Å². The van der Waals surface area contributed by atoms with Crippen molar-refractivity contribution in [3.05, 3.63) is 111 Å². The molecule has 2 fully saturated rings. The number of benzene rings is 3. The van der Waals surface area contributed by atoms with Crippen molar-refractivity contribution in [3.8, 4) is 28.7 Å². The van der Waals surface area contributed by atoms with Gasteiger partial charge in [-0.25, -0.2) is 0 Å². The third-order valence-corrected chi connectivity index (χ3v) is 9.72. The number of carbonyl (C=O) groups is 2. The van der Waals surface area contributed by atoms with Crippen molar-refractivity contribution >= 4 is 23.5 Å². The zero-order valence-electron chi connectivity index (χ0n) is 28.7. The van der Waals surface area contributed by atoms with E-state index in [0.29, 0.717) is 91.3 Å². The molecule has 2 saturated heterocycles. The lowest BCUT2D eigenvalue weighted by molar-refractivity contribution is -0.144. The first-order valence-electron chi connectivity index (χ1n) is 16.9. The third-order valence-electron chi connectivity index (χ3n) is 9.43. The molecule has 12 heteroatoms. The first-order chi connectivity index (χ1) is 24.7. The minimum absolute atomic E-state index is 0.00960. The first kappa shape index (κ1) is 35.8. The van der Waals surface area contributed by atoms with Crippen molar-refractivity contribution in [1.82, 2.24) is 20.1 Å². The lowest BCUT2D eigenvalue weighted by Gasteiger charge is -2.33. The van der Waals surface area contributed by atoms with E-state index in [1.165, 1.54) is 6.20 Å². The molecule has 0 spiro atoms. The summed E-state index contributed by atoms with van der Waals surface area (Å²) in [4.78, 5) is 33.3. The topological polar surface area (TPSA) is 137 Å². The van der Waals surface area contributed by atoms with Crippen LogP contribution in [0, 0.1) is 25.2 Å². The Bertz CT molecular complexity index is 1960. The molecule has 2 N–H and O–H groups in total. The first-order valence-corrected chi connectivity index (χ1v) is 17.3. The molecular formula is C39H40ClN5O6. The number of carboxylic acids is 1. The number of amides is 1. The van der Waals surface area contributed by atoms with Gasteiger partial charge >= 0.3 is 5.97 Å². The van der Waals surface area contributed by atoms with Crippen molar-refractivity contribution in [2.24, 2.45) is 0 Å². The fourth-order valence-electron chi connectivity index (χ4n) is 6.51. The number of carboxylic acid groups (broad SMARTS) is 1. The SMILES string of the molecule is Cc1c(COc2cc(OCc3cncc(C#N)c3)c(CN3CCNC[C@H]3C(=O)O)cc2Cl)cccc1-c1cccc(C(=O)N2CCOCC2)c1C. The average molecular weight is 710 g/mol. The normalized spacial score (nSPS) is 16.4. The predicted octanol–water partition coefficient (Wildman–Crippen LogP) is 5.38. The second-order valence-corrected chi connectivity index (χ2v) is 13.1. The van der Waals surface area contributed by atoms with Crippen molar-refractivity contribution in [2.45, 2.75) is 39.6 Å². The van der Waals surface area contributed by atoms with E-state index in [9.17, 15) is 20.0 Å². The Morgan fingerprint density at radius 3 is 2.49 bits per heavy atom. The summed E-state index contributed by atoms with van der Waals surface area (Å²) in [5.74, 6) is 0.00415. The molecule has 3 heterocycles. The number of aliphatic carboxylic acids is 1. The highest BCUT2D eigenvalue weighted by Gasteiger charge is 2.29. The molecule has 0 aliphatic carbocycles. The molecule has 2 aliphatic rings.